The lowest BCUT2D eigenvalue weighted by molar-refractivity contribution is -0.133. The Balaban J connectivity index is 1.31. The second-order valence-electron chi connectivity index (χ2n) is 8.13. The second-order valence-corrected chi connectivity index (χ2v) is 8.13. The van der Waals surface area contributed by atoms with Gasteiger partial charge < -0.3 is 14.2 Å². The number of aryl methyl sites for hydroxylation is 2. The molecule has 0 saturated heterocycles. The highest BCUT2D eigenvalue weighted by molar-refractivity contribution is 5.76. The van der Waals surface area contributed by atoms with Crippen molar-refractivity contribution >= 4 is 5.91 Å². The number of hydrogen-bond donors (Lipinski definition) is 0. The fraction of sp³-hybridized carbons (Fsp3) is 0.591. The van der Waals surface area contributed by atoms with Crippen LogP contribution >= 0.6 is 0 Å². The molecular weight excluding hydrogens is 352 g/mol. The van der Waals surface area contributed by atoms with E-state index in [1.54, 1.807) is 0 Å². The highest BCUT2D eigenvalue weighted by Gasteiger charge is 2.35. The van der Waals surface area contributed by atoms with E-state index >= 15 is 0 Å². The molecule has 1 aliphatic heterocycles. The molecule has 1 aliphatic carbocycles. The van der Waals surface area contributed by atoms with Gasteiger partial charge in [0, 0.05) is 18.9 Å². The van der Waals surface area contributed by atoms with E-state index in [1.165, 1.54) is 18.4 Å². The van der Waals surface area contributed by atoms with Gasteiger partial charge in [0.2, 0.25) is 5.91 Å². The van der Waals surface area contributed by atoms with Crippen molar-refractivity contribution in [2.24, 2.45) is 0 Å². The van der Waals surface area contributed by atoms with E-state index in [1.807, 2.05) is 17.9 Å². The minimum Gasteiger partial charge on any atom is -0.494 e. The van der Waals surface area contributed by atoms with Crippen molar-refractivity contribution in [2.45, 2.75) is 71.4 Å². The molecule has 1 fully saturated rings. The smallest absolute Gasteiger partial charge is 0.223 e. The molecule has 1 aromatic heterocycles. The number of hydrogen-bond acceptors (Lipinski definition) is 4. The number of fused-ring (bicyclic) bond motifs is 1. The lowest BCUT2D eigenvalue weighted by Gasteiger charge is -2.32. The summed E-state index contributed by atoms with van der Waals surface area (Å²) in [7, 11) is 0. The van der Waals surface area contributed by atoms with Crippen LogP contribution in [0.3, 0.4) is 0 Å². The number of ether oxygens (including phenoxy) is 1. The maximum atomic E-state index is 12.8. The molecule has 6 heteroatoms. The van der Waals surface area contributed by atoms with Crippen LogP contribution < -0.4 is 4.74 Å². The van der Waals surface area contributed by atoms with Crippen LogP contribution in [0.4, 0.5) is 0 Å². The average Bonchev–Trinajstić information content (AvgIpc) is 3.43. The lowest BCUT2D eigenvalue weighted by atomic mass is 10.0. The van der Waals surface area contributed by atoms with Crippen LogP contribution in [0.25, 0.3) is 0 Å². The number of nitrogens with zero attached hydrogens (tertiary/aromatic N) is 4. The topological polar surface area (TPSA) is 60.2 Å². The van der Waals surface area contributed by atoms with Gasteiger partial charge in [-0.25, -0.2) is 0 Å². The van der Waals surface area contributed by atoms with E-state index in [-0.39, 0.29) is 11.9 Å². The summed E-state index contributed by atoms with van der Waals surface area (Å²) in [5.41, 5.74) is 2.41. The molecule has 6 nitrogen and oxygen atoms in total. The second kappa shape index (κ2) is 7.94. The van der Waals surface area contributed by atoms with E-state index in [4.69, 9.17) is 4.74 Å². The molecule has 1 aromatic carbocycles. The first-order valence-electron chi connectivity index (χ1n) is 10.5. The number of rotatable bonds is 7. The molecule has 28 heavy (non-hydrogen) atoms. The first kappa shape index (κ1) is 19.0. The van der Waals surface area contributed by atoms with Crippen LogP contribution in [0.2, 0.25) is 0 Å². The minimum atomic E-state index is 0.219. The van der Waals surface area contributed by atoms with Crippen molar-refractivity contribution in [3.8, 4) is 5.75 Å². The van der Waals surface area contributed by atoms with Gasteiger partial charge in [-0.05, 0) is 63.6 Å². The van der Waals surface area contributed by atoms with Gasteiger partial charge in [0.05, 0.1) is 19.2 Å². The fourth-order valence-electron chi connectivity index (χ4n) is 4.16. The van der Waals surface area contributed by atoms with Gasteiger partial charge in [-0.2, -0.15) is 0 Å². The number of carbonyl (C=O) groups excluding carboxylic acids is 1. The zero-order valence-electron chi connectivity index (χ0n) is 17.1. The molecule has 150 valence electrons. The highest BCUT2D eigenvalue weighted by Crippen LogP contribution is 2.41. The van der Waals surface area contributed by atoms with Gasteiger partial charge in [-0.1, -0.05) is 12.1 Å². The maximum Gasteiger partial charge on any atom is 0.223 e. The third-order valence-corrected chi connectivity index (χ3v) is 5.74. The zero-order valence-corrected chi connectivity index (χ0v) is 17.1. The van der Waals surface area contributed by atoms with Crippen molar-refractivity contribution < 1.29 is 9.53 Å². The van der Waals surface area contributed by atoms with Crippen molar-refractivity contribution in [1.82, 2.24) is 19.7 Å². The van der Waals surface area contributed by atoms with Crippen LogP contribution in [0.15, 0.2) is 18.2 Å². The van der Waals surface area contributed by atoms with Crippen molar-refractivity contribution in [3.63, 3.8) is 0 Å². The number of aromatic nitrogens is 3. The van der Waals surface area contributed by atoms with Crippen LogP contribution in [0, 0.1) is 6.92 Å². The number of carbonyl (C=O) groups is 1. The summed E-state index contributed by atoms with van der Waals surface area (Å²) in [4.78, 5) is 14.7. The molecule has 0 spiro atoms. The first-order valence-corrected chi connectivity index (χ1v) is 10.5. The van der Waals surface area contributed by atoms with Crippen LogP contribution in [-0.2, 0) is 17.8 Å². The Bertz CT molecular complexity index is 856. The van der Waals surface area contributed by atoms with E-state index in [2.05, 4.69) is 40.7 Å². The van der Waals surface area contributed by atoms with Crippen molar-refractivity contribution in [3.05, 3.63) is 41.0 Å². The normalized spacial score (nSPS) is 18.8. The Morgan fingerprint density at radius 1 is 1.29 bits per heavy atom. The number of benzene rings is 1. The predicted molar refractivity (Wildman–Crippen MR) is 107 cm³/mol. The highest BCUT2D eigenvalue weighted by atomic mass is 16.5. The first-order chi connectivity index (χ1) is 13.6. The minimum absolute atomic E-state index is 0.219. The van der Waals surface area contributed by atoms with Crippen LogP contribution in [0.5, 0.6) is 5.75 Å². The maximum absolute atomic E-state index is 12.8. The Morgan fingerprint density at radius 3 is 2.82 bits per heavy atom. The Morgan fingerprint density at radius 2 is 2.11 bits per heavy atom. The third kappa shape index (κ3) is 3.91. The lowest BCUT2D eigenvalue weighted by Crippen LogP contribution is -2.40. The molecule has 0 N–H and O–H groups in total. The van der Waals surface area contributed by atoms with E-state index in [0.717, 1.165) is 42.3 Å². The average molecular weight is 383 g/mol. The quantitative estimate of drug-likeness (QED) is 0.731. The molecule has 0 unspecified atom stereocenters. The number of amides is 1. The van der Waals surface area contributed by atoms with Crippen molar-refractivity contribution in [1.29, 1.82) is 0 Å². The summed E-state index contributed by atoms with van der Waals surface area (Å²) in [6.45, 7) is 8.26. The summed E-state index contributed by atoms with van der Waals surface area (Å²) in [5.74, 6) is 3.82. The molecule has 0 radical (unpaired) electrons. The molecule has 1 amide bonds. The summed E-state index contributed by atoms with van der Waals surface area (Å²) in [5, 5.41) is 8.77. The summed E-state index contributed by atoms with van der Waals surface area (Å²) in [6, 6.07) is 6.56. The SMILES string of the molecule is CCOc1ccc(CCCC(=O)N2Cc3nnc(C4CC4)n3[C@@H](C)C2)cc1C. The monoisotopic (exact) mass is 382 g/mol. The third-order valence-electron chi connectivity index (χ3n) is 5.74. The molecule has 1 atom stereocenters. The van der Waals surface area contributed by atoms with Gasteiger partial charge in [-0.3, -0.25) is 4.79 Å². The summed E-state index contributed by atoms with van der Waals surface area (Å²) in [6.07, 6.45) is 4.78. The standard InChI is InChI=1S/C22H30N4O2/c1-4-28-19-11-8-17(12-15(19)2)6-5-7-21(27)25-13-16(3)26-20(14-25)23-24-22(26)18-9-10-18/h8,11-12,16,18H,4-7,9-10,13-14H2,1-3H3/t16-/m0/s1. The molecule has 2 aromatic rings. The molecule has 2 aliphatic rings. The molecule has 4 rings (SSSR count). The molecule has 2 heterocycles. The van der Waals surface area contributed by atoms with Crippen LogP contribution in [0.1, 0.15) is 74.3 Å². The molecule has 1 saturated carbocycles. The Hall–Kier alpha value is -2.37. The largest absolute Gasteiger partial charge is 0.494 e. The van der Waals surface area contributed by atoms with Crippen LogP contribution in [-0.4, -0.2) is 38.7 Å². The van der Waals surface area contributed by atoms with E-state index < -0.39 is 0 Å². The molecular formula is C22H30N4O2. The van der Waals surface area contributed by atoms with Gasteiger partial charge >= 0.3 is 0 Å². The molecule has 0 bridgehead atoms. The summed E-state index contributed by atoms with van der Waals surface area (Å²) < 4.78 is 7.87. The van der Waals surface area contributed by atoms with Crippen molar-refractivity contribution in [2.75, 3.05) is 13.2 Å². The van der Waals surface area contributed by atoms with Gasteiger partial charge in [0.25, 0.3) is 0 Å². The van der Waals surface area contributed by atoms with Gasteiger partial charge in [-0.15, -0.1) is 10.2 Å². The Kier molecular flexibility index (Phi) is 5.38. The Labute approximate surface area is 166 Å². The zero-order chi connectivity index (χ0) is 19.7. The fourth-order valence-corrected chi connectivity index (χ4v) is 4.16. The van der Waals surface area contributed by atoms with E-state index in [9.17, 15) is 4.79 Å². The predicted octanol–water partition coefficient (Wildman–Crippen LogP) is 3.79. The summed E-state index contributed by atoms with van der Waals surface area (Å²) >= 11 is 0. The van der Waals surface area contributed by atoms with E-state index in [0.29, 0.717) is 25.5 Å². The van der Waals surface area contributed by atoms with Gasteiger partial charge in [0.15, 0.2) is 5.82 Å². The van der Waals surface area contributed by atoms with Gasteiger partial charge in [0.1, 0.15) is 11.6 Å².